The summed E-state index contributed by atoms with van der Waals surface area (Å²) in [5, 5.41) is 3.08. The molecule has 1 saturated heterocycles. The minimum absolute atomic E-state index is 0.0123. The van der Waals surface area contributed by atoms with Gasteiger partial charge in [0.15, 0.2) is 0 Å². The lowest BCUT2D eigenvalue weighted by Crippen LogP contribution is -2.48. The second-order valence-corrected chi connectivity index (χ2v) is 6.68. The lowest BCUT2D eigenvalue weighted by Gasteiger charge is -2.41. The zero-order valence-electron chi connectivity index (χ0n) is 14.3. The van der Waals surface area contributed by atoms with Gasteiger partial charge in [-0.1, -0.05) is 30.3 Å². The standard InChI is InChI=1S/C19H24N4O/c1-15-12-21-17(13-20-15)18(24)22-14-19(8-10-23(2)11-9-19)16-6-4-3-5-7-16/h3-7,12-13H,8-11,14H2,1-2H3,(H,22,24). The molecule has 5 heteroatoms. The maximum absolute atomic E-state index is 12.4. The number of piperidine rings is 1. The minimum atomic E-state index is -0.156. The van der Waals surface area contributed by atoms with Crippen LogP contribution in [0.4, 0.5) is 0 Å². The molecule has 24 heavy (non-hydrogen) atoms. The van der Waals surface area contributed by atoms with Crippen molar-refractivity contribution in [3.8, 4) is 0 Å². The van der Waals surface area contributed by atoms with Gasteiger partial charge in [-0.25, -0.2) is 4.98 Å². The Bertz CT molecular complexity index is 676. The molecule has 1 fully saturated rings. The van der Waals surface area contributed by atoms with Crippen LogP contribution >= 0.6 is 0 Å². The van der Waals surface area contributed by atoms with Gasteiger partial charge in [-0.05, 0) is 45.5 Å². The number of aromatic nitrogens is 2. The highest BCUT2D eigenvalue weighted by molar-refractivity contribution is 5.91. The first-order valence-electron chi connectivity index (χ1n) is 8.40. The van der Waals surface area contributed by atoms with Gasteiger partial charge in [-0.2, -0.15) is 0 Å². The Labute approximate surface area is 143 Å². The van der Waals surface area contributed by atoms with E-state index in [2.05, 4.69) is 51.5 Å². The van der Waals surface area contributed by atoms with Crippen molar-refractivity contribution in [2.24, 2.45) is 0 Å². The second kappa shape index (κ2) is 7.09. The number of likely N-dealkylation sites (tertiary alicyclic amines) is 1. The number of nitrogens with zero attached hydrogens (tertiary/aromatic N) is 3. The molecule has 1 amide bonds. The molecule has 2 aromatic rings. The van der Waals surface area contributed by atoms with Crippen molar-refractivity contribution in [1.82, 2.24) is 20.2 Å². The first kappa shape index (κ1) is 16.6. The highest BCUT2D eigenvalue weighted by Crippen LogP contribution is 2.34. The third-order valence-electron chi connectivity index (χ3n) is 4.93. The molecule has 1 aliphatic heterocycles. The van der Waals surface area contributed by atoms with Crippen molar-refractivity contribution in [1.29, 1.82) is 0 Å². The summed E-state index contributed by atoms with van der Waals surface area (Å²) in [5.74, 6) is -0.156. The quantitative estimate of drug-likeness (QED) is 0.936. The largest absolute Gasteiger partial charge is 0.350 e. The van der Waals surface area contributed by atoms with Gasteiger partial charge in [0, 0.05) is 18.2 Å². The van der Waals surface area contributed by atoms with E-state index in [4.69, 9.17) is 0 Å². The number of carbonyl (C=O) groups is 1. The fraction of sp³-hybridized carbons (Fsp3) is 0.421. The topological polar surface area (TPSA) is 58.1 Å². The number of hydrogen-bond acceptors (Lipinski definition) is 4. The Morgan fingerprint density at radius 1 is 1.17 bits per heavy atom. The predicted octanol–water partition coefficient (Wildman–Crippen LogP) is 2.18. The fourth-order valence-electron chi connectivity index (χ4n) is 3.26. The number of aryl methyl sites for hydroxylation is 1. The minimum Gasteiger partial charge on any atom is -0.350 e. The van der Waals surface area contributed by atoms with Crippen LogP contribution in [-0.4, -0.2) is 47.5 Å². The van der Waals surface area contributed by atoms with E-state index >= 15 is 0 Å². The predicted molar refractivity (Wildman–Crippen MR) is 94.0 cm³/mol. The molecular weight excluding hydrogens is 300 g/mol. The zero-order chi connectivity index (χ0) is 17.0. The van der Waals surface area contributed by atoms with Gasteiger partial charge in [0.25, 0.3) is 5.91 Å². The van der Waals surface area contributed by atoms with E-state index in [0.29, 0.717) is 12.2 Å². The Morgan fingerprint density at radius 3 is 2.50 bits per heavy atom. The van der Waals surface area contributed by atoms with Crippen LogP contribution in [-0.2, 0) is 5.41 Å². The van der Waals surface area contributed by atoms with Crippen LogP contribution in [0.5, 0.6) is 0 Å². The number of carbonyl (C=O) groups excluding carboxylic acids is 1. The van der Waals surface area contributed by atoms with E-state index in [1.54, 1.807) is 6.20 Å². The van der Waals surface area contributed by atoms with Gasteiger partial charge >= 0.3 is 0 Å². The molecule has 0 atom stereocenters. The van der Waals surface area contributed by atoms with E-state index in [0.717, 1.165) is 31.6 Å². The summed E-state index contributed by atoms with van der Waals surface area (Å²) >= 11 is 0. The summed E-state index contributed by atoms with van der Waals surface area (Å²) in [6, 6.07) is 10.5. The van der Waals surface area contributed by atoms with Crippen LogP contribution in [0.1, 0.15) is 34.6 Å². The lowest BCUT2D eigenvalue weighted by molar-refractivity contribution is 0.0922. The SMILES string of the molecule is Cc1cnc(C(=O)NCC2(c3ccccc3)CCN(C)CC2)cn1. The monoisotopic (exact) mass is 324 g/mol. The maximum atomic E-state index is 12.4. The number of rotatable bonds is 4. The number of nitrogens with one attached hydrogen (secondary N) is 1. The fourth-order valence-corrected chi connectivity index (χ4v) is 3.26. The van der Waals surface area contributed by atoms with Crippen LogP contribution in [0.2, 0.25) is 0 Å². The van der Waals surface area contributed by atoms with Gasteiger partial charge in [-0.15, -0.1) is 0 Å². The molecule has 126 valence electrons. The van der Waals surface area contributed by atoms with Gasteiger partial charge in [-0.3, -0.25) is 9.78 Å². The highest BCUT2D eigenvalue weighted by atomic mass is 16.1. The summed E-state index contributed by atoms with van der Waals surface area (Å²) < 4.78 is 0. The molecule has 2 heterocycles. The van der Waals surface area contributed by atoms with Crippen LogP contribution in [0, 0.1) is 6.92 Å². The van der Waals surface area contributed by atoms with Crippen LogP contribution in [0.15, 0.2) is 42.7 Å². The van der Waals surface area contributed by atoms with E-state index in [-0.39, 0.29) is 11.3 Å². The molecule has 0 bridgehead atoms. The number of benzene rings is 1. The van der Waals surface area contributed by atoms with Gasteiger partial charge in [0.2, 0.25) is 0 Å². The van der Waals surface area contributed by atoms with Gasteiger partial charge in [0.05, 0.1) is 11.9 Å². The van der Waals surface area contributed by atoms with Crippen molar-refractivity contribution in [3.63, 3.8) is 0 Å². The lowest BCUT2D eigenvalue weighted by atomic mass is 9.72. The molecule has 0 aliphatic carbocycles. The van der Waals surface area contributed by atoms with Crippen LogP contribution in [0.25, 0.3) is 0 Å². The molecule has 0 saturated carbocycles. The van der Waals surface area contributed by atoms with Gasteiger partial charge < -0.3 is 10.2 Å². The van der Waals surface area contributed by atoms with Crippen molar-refractivity contribution in [2.75, 3.05) is 26.7 Å². The van der Waals surface area contributed by atoms with E-state index in [1.165, 1.54) is 11.8 Å². The van der Waals surface area contributed by atoms with E-state index in [1.807, 2.05) is 13.0 Å². The number of amides is 1. The van der Waals surface area contributed by atoms with Crippen molar-refractivity contribution in [2.45, 2.75) is 25.2 Å². The average molecular weight is 324 g/mol. The second-order valence-electron chi connectivity index (χ2n) is 6.68. The molecule has 1 aromatic carbocycles. The summed E-state index contributed by atoms with van der Waals surface area (Å²) in [4.78, 5) is 23.1. The summed E-state index contributed by atoms with van der Waals surface area (Å²) in [6.07, 6.45) is 5.23. The highest BCUT2D eigenvalue weighted by Gasteiger charge is 2.35. The summed E-state index contributed by atoms with van der Waals surface area (Å²) in [7, 11) is 2.15. The normalized spacial score (nSPS) is 17.4. The number of hydrogen-bond donors (Lipinski definition) is 1. The third-order valence-corrected chi connectivity index (χ3v) is 4.93. The molecule has 3 rings (SSSR count). The van der Waals surface area contributed by atoms with Crippen molar-refractivity contribution in [3.05, 3.63) is 59.7 Å². The van der Waals surface area contributed by atoms with Gasteiger partial charge in [0.1, 0.15) is 5.69 Å². The zero-order valence-corrected chi connectivity index (χ0v) is 14.3. The smallest absolute Gasteiger partial charge is 0.271 e. The molecule has 1 aromatic heterocycles. The molecule has 0 radical (unpaired) electrons. The molecule has 0 unspecified atom stereocenters. The maximum Gasteiger partial charge on any atom is 0.271 e. The Morgan fingerprint density at radius 2 is 1.88 bits per heavy atom. The summed E-state index contributed by atoms with van der Waals surface area (Å²) in [5.41, 5.74) is 2.47. The third kappa shape index (κ3) is 3.62. The average Bonchev–Trinajstić information content (AvgIpc) is 2.63. The molecule has 1 N–H and O–H groups in total. The van der Waals surface area contributed by atoms with Crippen LogP contribution < -0.4 is 5.32 Å². The van der Waals surface area contributed by atoms with E-state index < -0.39 is 0 Å². The van der Waals surface area contributed by atoms with Crippen molar-refractivity contribution >= 4 is 5.91 Å². The van der Waals surface area contributed by atoms with Crippen molar-refractivity contribution < 1.29 is 4.79 Å². The Kier molecular flexibility index (Phi) is 4.90. The molecule has 0 spiro atoms. The first-order chi connectivity index (χ1) is 11.6. The Balaban J connectivity index is 1.75. The van der Waals surface area contributed by atoms with E-state index in [9.17, 15) is 4.79 Å². The molecule has 1 aliphatic rings. The molecular formula is C19H24N4O. The summed E-state index contributed by atoms with van der Waals surface area (Å²) in [6.45, 7) is 4.56. The Hall–Kier alpha value is -2.27. The molecule has 5 nitrogen and oxygen atoms in total. The van der Waals surface area contributed by atoms with Crippen LogP contribution in [0.3, 0.4) is 0 Å². The first-order valence-corrected chi connectivity index (χ1v) is 8.40.